The highest BCUT2D eigenvalue weighted by Crippen LogP contribution is 2.37. The fourth-order valence-electron chi connectivity index (χ4n) is 1.66. The van der Waals surface area contributed by atoms with Crippen LogP contribution in [0.1, 0.15) is 12.8 Å². The van der Waals surface area contributed by atoms with Crippen LogP contribution in [0.3, 0.4) is 0 Å². The minimum Gasteiger partial charge on any atom is -0.346 e. The quantitative estimate of drug-likeness (QED) is 0.520. The van der Waals surface area contributed by atoms with E-state index in [1.807, 2.05) is 0 Å². The Kier molecular flexibility index (Phi) is 4.12. The third kappa shape index (κ3) is 3.49. The van der Waals surface area contributed by atoms with Crippen LogP contribution >= 0.6 is 0 Å². The molecule has 0 unspecified atom stereocenters. The zero-order valence-electron chi connectivity index (χ0n) is 8.88. The molecule has 0 aliphatic carbocycles. The largest absolute Gasteiger partial charge is 0.447 e. The number of nitrogens with zero attached hydrogens (tertiary/aromatic N) is 1. The van der Waals surface area contributed by atoms with E-state index in [0.717, 1.165) is 0 Å². The van der Waals surface area contributed by atoms with Gasteiger partial charge in [0.15, 0.2) is 0 Å². The first-order chi connectivity index (χ1) is 8.03. The van der Waals surface area contributed by atoms with E-state index in [2.05, 4.69) is 0 Å². The summed E-state index contributed by atoms with van der Waals surface area (Å²) in [4.78, 5) is 0.338. The Bertz CT molecular complexity index is 320. The van der Waals surface area contributed by atoms with Crippen LogP contribution in [-0.4, -0.2) is 30.3 Å². The summed E-state index contributed by atoms with van der Waals surface area (Å²) in [7, 11) is 0. The van der Waals surface area contributed by atoms with Crippen LogP contribution in [0.5, 0.6) is 0 Å². The maximum absolute atomic E-state index is 13.0. The van der Waals surface area contributed by atoms with Gasteiger partial charge in [0, 0.05) is 13.1 Å². The van der Waals surface area contributed by atoms with Gasteiger partial charge < -0.3 is 4.90 Å². The molecular weight excluding hydrogens is 274 g/mol. The summed E-state index contributed by atoms with van der Waals surface area (Å²) in [6, 6.07) is 0. The van der Waals surface area contributed by atoms with Gasteiger partial charge in [0.25, 0.3) is 5.83 Å². The zero-order valence-corrected chi connectivity index (χ0v) is 8.88. The van der Waals surface area contributed by atoms with E-state index in [0.29, 0.717) is 4.90 Å². The van der Waals surface area contributed by atoms with Crippen molar-refractivity contribution >= 4 is 0 Å². The molecular formula is C9H9F8N. The molecule has 9 heteroatoms. The number of rotatable bonds is 1. The van der Waals surface area contributed by atoms with Crippen LogP contribution in [-0.2, 0) is 0 Å². The summed E-state index contributed by atoms with van der Waals surface area (Å²) in [5, 5.41) is 0. The maximum atomic E-state index is 13.0. The highest BCUT2D eigenvalue weighted by atomic mass is 19.4. The van der Waals surface area contributed by atoms with E-state index in [1.165, 1.54) is 0 Å². The molecule has 0 aromatic carbocycles. The van der Waals surface area contributed by atoms with Crippen molar-refractivity contribution in [3.05, 3.63) is 11.8 Å². The first kappa shape index (κ1) is 15.0. The third-order valence-electron chi connectivity index (χ3n) is 2.67. The molecule has 1 nitrogen and oxygen atoms in total. The van der Waals surface area contributed by atoms with Crippen molar-refractivity contribution in [2.45, 2.75) is 25.2 Å². The predicted molar refractivity (Wildman–Crippen MR) is 45.6 cm³/mol. The Morgan fingerprint density at radius 1 is 0.889 bits per heavy atom. The first-order valence-corrected chi connectivity index (χ1v) is 4.97. The topological polar surface area (TPSA) is 3.24 Å². The summed E-state index contributed by atoms with van der Waals surface area (Å²) in [6.07, 6.45) is -11.0. The van der Waals surface area contributed by atoms with E-state index >= 15 is 0 Å². The molecule has 0 atom stereocenters. The number of hydrogen-bond donors (Lipinski definition) is 0. The standard InChI is InChI=1S/C9H9F8N/c10-6(9(15,16)17)7(11)18-3-1-5(2-4-18)8(12,13)14/h5H,1-4H2/b7-6-. The van der Waals surface area contributed by atoms with Gasteiger partial charge in [-0.25, -0.2) is 0 Å². The molecule has 0 saturated carbocycles. The van der Waals surface area contributed by atoms with Gasteiger partial charge in [0.05, 0.1) is 5.92 Å². The number of alkyl halides is 6. The van der Waals surface area contributed by atoms with Gasteiger partial charge in [-0.15, -0.1) is 0 Å². The van der Waals surface area contributed by atoms with Crippen LogP contribution in [0.2, 0.25) is 0 Å². The fraction of sp³-hybridized carbons (Fsp3) is 0.778. The smallest absolute Gasteiger partial charge is 0.346 e. The summed E-state index contributed by atoms with van der Waals surface area (Å²) >= 11 is 0. The number of halogens is 8. The van der Waals surface area contributed by atoms with Gasteiger partial charge in [-0.05, 0) is 12.8 Å². The molecule has 1 aliphatic rings. The lowest BCUT2D eigenvalue weighted by Gasteiger charge is -2.33. The summed E-state index contributed by atoms with van der Waals surface area (Å²) in [6.45, 7) is -1.20. The van der Waals surface area contributed by atoms with E-state index < -0.39 is 56.0 Å². The lowest BCUT2D eigenvalue weighted by molar-refractivity contribution is -0.185. The van der Waals surface area contributed by atoms with Crippen LogP contribution < -0.4 is 0 Å². The minimum atomic E-state index is -5.47. The van der Waals surface area contributed by atoms with Gasteiger partial charge in [-0.2, -0.15) is 35.1 Å². The molecule has 0 aromatic heterocycles. The Morgan fingerprint density at radius 2 is 1.33 bits per heavy atom. The van der Waals surface area contributed by atoms with Crippen LogP contribution in [0.15, 0.2) is 11.8 Å². The Labute approximate surface area is 97.0 Å². The number of piperidine rings is 1. The molecule has 1 saturated heterocycles. The molecule has 0 spiro atoms. The van der Waals surface area contributed by atoms with Crippen molar-refractivity contribution in [1.82, 2.24) is 4.90 Å². The molecule has 0 N–H and O–H groups in total. The van der Waals surface area contributed by atoms with Gasteiger partial charge in [0.2, 0.25) is 5.95 Å². The highest BCUT2D eigenvalue weighted by molar-refractivity contribution is 5.06. The van der Waals surface area contributed by atoms with Crippen molar-refractivity contribution in [3.8, 4) is 0 Å². The van der Waals surface area contributed by atoms with Gasteiger partial charge in [-0.3, -0.25) is 0 Å². The summed E-state index contributed by atoms with van der Waals surface area (Å²) in [5.74, 6) is -6.74. The van der Waals surface area contributed by atoms with E-state index in [9.17, 15) is 35.1 Å². The van der Waals surface area contributed by atoms with Crippen molar-refractivity contribution in [2.24, 2.45) is 5.92 Å². The lowest BCUT2D eigenvalue weighted by Crippen LogP contribution is -2.38. The molecule has 0 radical (unpaired) electrons. The number of likely N-dealkylation sites (tertiary alicyclic amines) is 1. The molecule has 1 fully saturated rings. The molecule has 1 rings (SSSR count). The lowest BCUT2D eigenvalue weighted by atomic mass is 9.96. The van der Waals surface area contributed by atoms with Crippen molar-refractivity contribution in [1.29, 1.82) is 0 Å². The molecule has 18 heavy (non-hydrogen) atoms. The van der Waals surface area contributed by atoms with Crippen LogP contribution in [0.25, 0.3) is 0 Å². The molecule has 1 aliphatic heterocycles. The third-order valence-corrected chi connectivity index (χ3v) is 2.67. The first-order valence-electron chi connectivity index (χ1n) is 4.97. The predicted octanol–water partition coefficient (Wildman–Crippen LogP) is 3.93. The minimum absolute atomic E-state index is 0.338. The van der Waals surface area contributed by atoms with Crippen LogP contribution in [0, 0.1) is 5.92 Å². The van der Waals surface area contributed by atoms with Crippen molar-refractivity contribution in [2.75, 3.05) is 13.1 Å². The van der Waals surface area contributed by atoms with Crippen molar-refractivity contribution < 1.29 is 35.1 Å². The molecule has 1 heterocycles. The van der Waals surface area contributed by atoms with Gasteiger partial charge in [0.1, 0.15) is 0 Å². The zero-order chi connectivity index (χ0) is 14.1. The highest BCUT2D eigenvalue weighted by Gasteiger charge is 2.44. The monoisotopic (exact) mass is 283 g/mol. The number of allylic oxidation sites excluding steroid dienone is 1. The molecule has 0 amide bonds. The Hall–Kier alpha value is -1.02. The average molecular weight is 283 g/mol. The second-order valence-electron chi connectivity index (χ2n) is 3.91. The Morgan fingerprint density at radius 3 is 1.67 bits per heavy atom. The molecule has 0 bridgehead atoms. The fourth-order valence-corrected chi connectivity index (χ4v) is 1.66. The molecule has 106 valence electrons. The maximum Gasteiger partial charge on any atom is 0.447 e. The average Bonchev–Trinajstić information content (AvgIpc) is 2.25. The van der Waals surface area contributed by atoms with Gasteiger partial charge in [-0.1, -0.05) is 0 Å². The second-order valence-corrected chi connectivity index (χ2v) is 3.91. The van der Waals surface area contributed by atoms with Crippen molar-refractivity contribution in [3.63, 3.8) is 0 Å². The van der Waals surface area contributed by atoms with E-state index in [-0.39, 0.29) is 0 Å². The van der Waals surface area contributed by atoms with E-state index in [4.69, 9.17) is 0 Å². The normalized spacial score (nSPS) is 21.0. The van der Waals surface area contributed by atoms with Crippen LogP contribution in [0.4, 0.5) is 35.1 Å². The van der Waals surface area contributed by atoms with E-state index in [1.54, 1.807) is 0 Å². The summed E-state index contributed by atoms with van der Waals surface area (Å²) in [5.41, 5.74) is 0. The number of hydrogen-bond acceptors (Lipinski definition) is 1. The SMILES string of the molecule is F/C(=C(/F)C(F)(F)F)N1CCC(C(F)(F)F)CC1. The Balaban J connectivity index is 2.69. The summed E-state index contributed by atoms with van der Waals surface area (Å²) < 4.78 is 97.8. The van der Waals surface area contributed by atoms with Gasteiger partial charge >= 0.3 is 12.4 Å². The second kappa shape index (κ2) is 4.93. The molecule has 0 aromatic rings.